The molecule has 6 nitrogen and oxygen atoms in total. The average molecular weight is 1120 g/mol. The molecule has 0 aromatic carbocycles. The molecule has 0 spiro atoms. The zero-order chi connectivity index (χ0) is 57.8. The largest absolute Gasteiger partial charge is 0.462 e. The predicted molar refractivity (Wildman–Crippen MR) is 348 cm³/mol. The second-order valence-corrected chi connectivity index (χ2v) is 23.8. The van der Waals surface area contributed by atoms with Crippen LogP contribution in [0.3, 0.4) is 0 Å². The Morgan fingerprint density at radius 2 is 0.450 bits per heavy atom. The van der Waals surface area contributed by atoms with Crippen molar-refractivity contribution in [3.63, 3.8) is 0 Å². The van der Waals surface area contributed by atoms with Crippen LogP contribution in [0, 0.1) is 0 Å². The van der Waals surface area contributed by atoms with E-state index in [1.165, 1.54) is 250 Å². The van der Waals surface area contributed by atoms with Crippen molar-refractivity contribution in [2.45, 2.75) is 380 Å². The molecule has 0 aromatic heterocycles. The lowest BCUT2D eigenvalue weighted by Crippen LogP contribution is -2.30. The van der Waals surface area contributed by atoms with Crippen LogP contribution in [0.4, 0.5) is 0 Å². The fourth-order valence-corrected chi connectivity index (χ4v) is 10.4. The van der Waals surface area contributed by atoms with Gasteiger partial charge in [0.1, 0.15) is 13.2 Å². The van der Waals surface area contributed by atoms with Crippen LogP contribution >= 0.6 is 0 Å². The first kappa shape index (κ1) is 77.1. The summed E-state index contributed by atoms with van der Waals surface area (Å²) in [6.45, 7) is 6.63. The quantitative estimate of drug-likeness (QED) is 0.0261. The monoisotopic (exact) mass is 1120 g/mol. The van der Waals surface area contributed by atoms with E-state index >= 15 is 0 Å². The zero-order valence-corrected chi connectivity index (χ0v) is 53.6. The molecule has 6 heteroatoms. The summed E-state index contributed by atoms with van der Waals surface area (Å²) in [5.74, 6) is -0.872. The summed E-state index contributed by atoms with van der Waals surface area (Å²) in [5.41, 5.74) is 0. The summed E-state index contributed by atoms with van der Waals surface area (Å²) >= 11 is 0. The van der Waals surface area contributed by atoms with Gasteiger partial charge in [0, 0.05) is 19.3 Å². The molecule has 0 saturated carbocycles. The molecule has 0 N–H and O–H groups in total. The Morgan fingerprint density at radius 1 is 0.250 bits per heavy atom. The lowest BCUT2D eigenvalue weighted by molar-refractivity contribution is -0.167. The summed E-state index contributed by atoms with van der Waals surface area (Å²) in [6.07, 6.45) is 88.2. The van der Waals surface area contributed by atoms with E-state index in [0.29, 0.717) is 19.3 Å². The molecular formula is C74H134O6. The maximum absolute atomic E-state index is 12.9. The van der Waals surface area contributed by atoms with Gasteiger partial charge in [-0.3, -0.25) is 14.4 Å². The lowest BCUT2D eigenvalue weighted by Gasteiger charge is -2.18. The smallest absolute Gasteiger partial charge is 0.306 e. The highest BCUT2D eigenvalue weighted by atomic mass is 16.6. The van der Waals surface area contributed by atoms with Crippen molar-refractivity contribution in [1.82, 2.24) is 0 Å². The van der Waals surface area contributed by atoms with E-state index in [-0.39, 0.29) is 31.1 Å². The van der Waals surface area contributed by atoms with Crippen LogP contribution < -0.4 is 0 Å². The Morgan fingerprint density at radius 3 is 0.725 bits per heavy atom. The number of esters is 3. The van der Waals surface area contributed by atoms with Gasteiger partial charge in [-0.05, 0) is 109 Å². The predicted octanol–water partition coefficient (Wildman–Crippen LogP) is 24.3. The number of hydrogen-bond acceptors (Lipinski definition) is 6. The maximum atomic E-state index is 12.9. The van der Waals surface area contributed by atoms with Crippen molar-refractivity contribution in [2.24, 2.45) is 0 Å². The number of hydrogen-bond donors (Lipinski definition) is 0. The molecule has 0 rings (SSSR count). The standard InChI is InChI=1S/C74H134O6/c1-4-7-10-13-16-19-22-25-28-30-31-32-33-34-35-36-37-38-39-40-41-42-43-45-46-49-52-55-58-61-64-67-73(76)79-70-71(69-78-72(75)66-63-60-57-54-51-48-27-24-21-18-15-12-9-6-3)80-74(77)68-65-62-59-56-53-50-47-44-29-26-23-20-17-14-11-8-5-2/h17,20,22,24-27,29-31,71H,4-16,18-19,21,23,28,32-70H2,1-3H3/b20-17-,25-22-,27-24-,29-26-,31-30-. The van der Waals surface area contributed by atoms with Gasteiger partial charge in [-0.2, -0.15) is 0 Å². The topological polar surface area (TPSA) is 78.9 Å². The minimum atomic E-state index is -0.781. The SMILES string of the molecule is CCCCC/C=C\C/C=C\CCCCCCCCCC(=O)OC(COC(=O)CCCCCCC/C=C\CCCCCCC)COC(=O)CCCCCCCCCCCCCCCCCCCCC/C=C\C/C=C\CCCCCCC. The normalized spacial score (nSPS) is 12.4. The summed E-state index contributed by atoms with van der Waals surface area (Å²) in [4.78, 5) is 38.4. The van der Waals surface area contributed by atoms with Crippen molar-refractivity contribution < 1.29 is 28.6 Å². The van der Waals surface area contributed by atoms with E-state index in [9.17, 15) is 14.4 Å². The Hall–Kier alpha value is -2.89. The van der Waals surface area contributed by atoms with Gasteiger partial charge in [0.2, 0.25) is 0 Å². The molecular weight excluding hydrogens is 985 g/mol. The minimum absolute atomic E-state index is 0.0765. The number of carbonyl (C=O) groups is 3. The van der Waals surface area contributed by atoms with Crippen molar-refractivity contribution in [3.05, 3.63) is 60.8 Å². The summed E-state index contributed by atoms with van der Waals surface area (Å²) in [7, 11) is 0. The van der Waals surface area contributed by atoms with E-state index in [4.69, 9.17) is 14.2 Å². The molecule has 1 unspecified atom stereocenters. The molecule has 0 heterocycles. The molecule has 466 valence electrons. The van der Waals surface area contributed by atoms with Crippen molar-refractivity contribution >= 4 is 17.9 Å². The first-order chi connectivity index (χ1) is 39.5. The van der Waals surface area contributed by atoms with E-state index in [1.54, 1.807) is 0 Å². The third-order valence-corrected chi connectivity index (χ3v) is 15.7. The van der Waals surface area contributed by atoms with Gasteiger partial charge in [0.15, 0.2) is 6.10 Å². The first-order valence-corrected chi connectivity index (χ1v) is 35.3. The van der Waals surface area contributed by atoms with Crippen LogP contribution in [-0.4, -0.2) is 37.2 Å². The number of rotatable bonds is 65. The Bertz CT molecular complexity index is 1430. The maximum Gasteiger partial charge on any atom is 0.306 e. The molecule has 0 amide bonds. The molecule has 0 aliphatic carbocycles. The van der Waals surface area contributed by atoms with Crippen molar-refractivity contribution in [2.75, 3.05) is 13.2 Å². The third kappa shape index (κ3) is 65.9. The molecule has 0 aliphatic heterocycles. The van der Waals surface area contributed by atoms with Gasteiger partial charge in [-0.25, -0.2) is 0 Å². The van der Waals surface area contributed by atoms with Crippen LogP contribution in [0.1, 0.15) is 374 Å². The zero-order valence-electron chi connectivity index (χ0n) is 53.6. The Kier molecular flexibility index (Phi) is 66.1. The molecule has 0 aliphatic rings. The van der Waals surface area contributed by atoms with Gasteiger partial charge in [-0.15, -0.1) is 0 Å². The summed E-state index contributed by atoms with van der Waals surface area (Å²) in [6, 6.07) is 0. The van der Waals surface area contributed by atoms with Crippen LogP contribution in [0.15, 0.2) is 60.8 Å². The fourth-order valence-electron chi connectivity index (χ4n) is 10.4. The molecule has 0 bridgehead atoms. The highest BCUT2D eigenvalue weighted by Gasteiger charge is 2.19. The fraction of sp³-hybridized carbons (Fsp3) is 0.824. The Balaban J connectivity index is 4.18. The van der Waals surface area contributed by atoms with Crippen LogP contribution in [0.5, 0.6) is 0 Å². The number of carbonyl (C=O) groups excluding carboxylic acids is 3. The van der Waals surface area contributed by atoms with E-state index in [2.05, 4.69) is 81.5 Å². The van der Waals surface area contributed by atoms with Gasteiger partial charge in [0.05, 0.1) is 0 Å². The lowest BCUT2D eigenvalue weighted by atomic mass is 10.0. The van der Waals surface area contributed by atoms with Gasteiger partial charge < -0.3 is 14.2 Å². The average Bonchev–Trinajstić information content (AvgIpc) is 3.46. The molecule has 80 heavy (non-hydrogen) atoms. The van der Waals surface area contributed by atoms with Gasteiger partial charge in [-0.1, -0.05) is 306 Å². The second kappa shape index (κ2) is 68.6. The van der Waals surface area contributed by atoms with E-state index in [0.717, 1.165) is 83.5 Å². The van der Waals surface area contributed by atoms with Gasteiger partial charge in [0.25, 0.3) is 0 Å². The molecule has 0 saturated heterocycles. The highest BCUT2D eigenvalue weighted by molar-refractivity contribution is 5.71. The third-order valence-electron chi connectivity index (χ3n) is 15.7. The van der Waals surface area contributed by atoms with Crippen LogP contribution in [0.2, 0.25) is 0 Å². The van der Waals surface area contributed by atoms with E-state index in [1.807, 2.05) is 0 Å². The number of ether oxygens (including phenoxy) is 3. The second-order valence-electron chi connectivity index (χ2n) is 23.8. The molecule has 0 aromatic rings. The Labute approximate surface area is 498 Å². The van der Waals surface area contributed by atoms with Crippen molar-refractivity contribution in [1.29, 1.82) is 0 Å². The molecule has 1 atom stereocenters. The van der Waals surface area contributed by atoms with Crippen LogP contribution in [0.25, 0.3) is 0 Å². The van der Waals surface area contributed by atoms with Crippen LogP contribution in [-0.2, 0) is 28.6 Å². The minimum Gasteiger partial charge on any atom is -0.462 e. The summed E-state index contributed by atoms with van der Waals surface area (Å²) < 4.78 is 17.0. The van der Waals surface area contributed by atoms with Crippen molar-refractivity contribution in [3.8, 4) is 0 Å². The molecule has 0 radical (unpaired) electrons. The molecule has 0 fully saturated rings. The highest BCUT2D eigenvalue weighted by Crippen LogP contribution is 2.18. The van der Waals surface area contributed by atoms with Gasteiger partial charge >= 0.3 is 17.9 Å². The summed E-state index contributed by atoms with van der Waals surface area (Å²) in [5, 5.41) is 0. The number of unbranched alkanes of at least 4 members (excludes halogenated alkanes) is 44. The van der Waals surface area contributed by atoms with E-state index < -0.39 is 6.10 Å². The first-order valence-electron chi connectivity index (χ1n) is 35.3. The number of allylic oxidation sites excluding steroid dienone is 10.